The average Bonchev–Trinajstić information content (AvgIpc) is 3.38. The number of aromatic nitrogens is 2. The smallest absolute Gasteiger partial charge is 0.244 e. The number of amides is 2. The molecule has 1 aromatic heterocycles. The number of nitrogens with zero attached hydrogens (tertiary/aromatic N) is 5. The molecule has 3 saturated heterocycles. The molecule has 3 aliphatic rings. The fourth-order valence-corrected chi connectivity index (χ4v) is 5.35. The highest BCUT2D eigenvalue weighted by atomic mass is 16.5. The van der Waals surface area contributed by atoms with Crippen LogP contribution in [0, 0.1) is 18.3 Å². The van der Waals surface area contributed by atoms with Crippen molar-refractivity contribution >= 4 is 11.8 Å². The summed E-state index contributed by atoms with van der Waals surface area (Å²) in [5.74, 6) is 1.47. The van der Waals surface area contributed by atoms with Crippen LogP contribution in [0.15, 0.2) is 4.52 Å². The minimum Gasteiger partial charge on any atom is -0.379 e. The third-order valence-electron chi connectivity index (χ3n) is 7.26. The maximum absolute atomic E-state index is 12.8. The standard InChI is InChI=1S/C23H38N6O4/c1-17(2)22(31)28-7-4-23(5-8-28)14-19(21-25-18(3)26-33-21)29(16-23)15-20(30)24-6-9-27-10-12-32-13-11-27/h17,19H,4-16H2,1-3H3,(H,24,30). The predicted octanol–water partition coefficient (Wildman–Crippen LogP) is 0.838. The molecule has 0 aliphatic carbocycles. The Morgan fingerprint density at radius 2 is 1.91 bits per heavy atom. The minimum absolute atomic E-state index is 0.0222. The highest BCUT2D eigenvalue weighted by Gasteiger charge is 2.48. The van der Waals surface area contributed by atoms with Crippen molar-refractivity contribution in [1.82, 2.24) is 30.2 Å². The molecule has 10 heteroatoms. The predicted molar refractivity (Wildman–Crippen MR) is 121 cm³/mol. The molecule has 0 radical (unpaired) electrons. The Kier molecular flexibility index (Phi) is 7.65. The van der Waals surface area contributed by atoms with Crippen LogP contribution in [0.25, 0.3) is 0 Å². The van der Waals surface area contributed by atoms with Gasteiger partial charge in [0, 0.05) is 51.7 Å². The molecule has 33 heavy (non-hydrogen) atoms. The Hall–Kier alpha value is -2.04. The van der Waals surface area contributed by atoms with Gasteiger partial charge in [-0.2, -0.15) is 4.98 Å². The van der Waals surface area contributed by atoms with Crippen LogP contribution in [-0.2, 0) is 14.3 Å². The summed E-state index contributed by atoms with van der Waals surface area (Å²) in [5, 5.41) is 7.06. The molecule has 3 aliphatic heterocycles. The topological polar surface area (TPSA) is 104 Å². The SMILES string of the molecule is Cc1noc(C2CC3(CCN(C(=O)C(C)C)CC3)CN2CC(=O)NCCN2CCOCC2)n1. The number of carbonyl (C=O) groups is 2. The van der Waals surface area contributed by atoms with E-state index in [2.05, 4.69) is 25.3 Å². The fraction of sp³-hybridized carbons (Fsp3) is 0.826. The maximum Gasteiger partial charge on any atom is 0.244 e. The van der Waals surface area contributed by atoms with Gasteiger partial charge < -0.3 is 19.5 Å². The molecule has 4 heterocycles. The second kappa shape index (κ2) is 10.5. The molecule has 0 bridgehead atoms. The van der Waals surface area contributed by atoms with E-state index in [9.17, 15) is 9.59 Å². The van der Waals surface area contributed by atoms with Gasteiger partial charge in [-0.3, -0.25) is 19.4 Å². The number of rotatable bonds is 7. The van der Waals surface area contributed by atoms with Crippen LogP contribution in [0.3, 0.4) is 0 Å². The van der Waals surface area contributed by atoms with Crippen LogP contribution in [-0.4, -0.2) is 102 Å². The van der Waals surface area contributed by atoms with Gasteiger partial charge in [0.05, 0.1) is 25.8 Å². The molecule has 1 unspecified atom stereocenters. The second-order valence-electron chi connectivity index (χ2n) is 10.1. The normalized spacial score (nSPS) is 24.0. The summed E-state index contributed by atoms with van der Waals surface area (Å²) in [4.78, 5) is 36.2. The van der Waals surface area contributed by atoms with E-state index in [4.69, 9.17) is 9.26 Å². The molecule has 3 fully saturated rings. The highest BCUT2D eigenvalue weighted by Crippen LogP contribution is 2.48. The summed E-state index contributed by atoms with van der Waals surface area (Å²) in [6, 6.07) is -0.0662. The summed E-state index contributed by atoms with van der Waals surface area (Å²) in [7, 11) is 0. The van der Waals surface area contributed by atoms with E-state index in [0.29, 0.717) is 24.8 Å². The van der Waals surface area contributed by atoms with Gasteiger partial charge in [-0.15, -0.1) is 0 Å². The van der Waals surface area contributed by atoms with Crippen molar-refractivity contribution in [2.24, 2.45) is 11.3 Å². The summed E-state index contributed by atoms with van der Waals surface area (Å²) < 4.78 is 10.9. The minimum atomic E-state index is -0.0662. The number of hydrogen-bond acceptors (Lipinski definition) is 8. The first-order chi connectivity index (χ1) is 15.8. The molecule has 10 nitrogen and oxygen atoms in total. The van der Waals surface area contributed by atoms with Crippen molar-refractivity contribution in [3.05, 3.63) is 11.7 Å². The van der Waals surface area contributed by atoms with Gasteiger partial charge in [0.2, 0.25) is 17.7 Å². The number of piperidine rings is 1. The fourth-order valence-electron chi connectivity index (χ4n) is 5.35. The molecule has 1 aromatic rings. The number of nitrogens with one attached hydrogen (secondary N) is 1. The Morgan fingerprint density at radius 1 is 1.18 bits per heavy atom. The molecule has 4 rings (SSSR count). The van der Waals surface area contributed by atoms with Gasteiger partial charge >= 0.3 is 0 Å². The lowest BCUT2D eigenvalue weighted by molar-refractivity contribution is -0.136. The lowest BCUT2D eigenvalue weighted by Gasteiger charge is -2.40. The van der Waals surface area contributed by atoms with Crippen LogP contribution in [0.4, 0.5) is 0 Å². The lowest BCUT2D eigenvalue weighted by atomic mass is 9.76. The van der Waals surface area contributed by atoms with Gasteiger partial charge in [0.1, 0.15) is 0 Å². The first-order valence-corrected chi connectivity index (χ1v) is 12.3. The van der Waals surface area contributed by atoms with Crippen LogP contribution in [0.5, 0.6) is 0 Å². The van der Waals surface area contributed by atoms with Crippen LogP contribution in [0.1, 0.15) is 50.9 Å². The largest absolute Gasteiger partial charge is 0.379 e. The monoisotopic (exact) mass is 462 g/mol. The first kappa shape index (κ1) is 24.1. The molecule has 2 amide bonds. The Morgan fingerprint density at radius 3 is 2.55 bits per heavy atom. The second-order valence-corrected chi connectivity index (χ2v) is 10.1. The van der Waals surface area contributed by atoms with Crippen molar-refractivity contribution in [3.8, 4) is 0 Å². The zero-order valence-electron chi connectivity index (χ0n) is 20.2. The van der Waals surface area contributed by atoms with Crippen molar-refractivity contribution in [2.45, 2.75) is 46.1 Å². The van der Waals surface area contributed by atoms with E-state index in [-0.39, 0.29) is 29.2 Å². The molecule has 0 saturated carbocycles. The number of hydrogen-bond donors (Lipinski definition) is 1. The lowest BCUT2D eigenvalue weighted by Crippen LogP contribution is -2.46. The summed E-state index contributed by atoms with van der Waals surface area (Å²) >= 11 is 0. The van der Waals surface area contributed by atoms with Crippen LogP contribution >= 0.6 is 0 Å². The zero-order chi connectivity index (χ0) is 23.4. The molecule has 184 valence electrons. The van der Waals surface area contributed by atoms with E-state index in [1.54, 1.807) is 0 Å². The van der Waals surface area contributed by atoms with Crippen molar-refractivity contribution < 1.29 is 18.8 Å². The third-order valence-corrected chi connectivity index (χ3v) is 7.26. The van der Waals surface area contributed by atoms with Gasteiger partial charge in [0.15, 0.2) is 5.82 Å². The Balaban J connectivity index is 1.35. The highest BCUT2D eigenvalue weighted by molar-refractivity contribution is 5.78. The molecule has 0 aromatic carbocycles. The van der Waals surface area contributed by atoms with Crippen molar-refractivity contribution in [3.63, 3.8) is 0 Å². The zero-order valence-corrected chi connectivity index (χ0v) is 20.2. The Bertz CT molecular complexity index is 814. The van der Waals surface area contributed by atoms with Crippen LogP contribution in [0.2, 0.25) is 0 Å². The summed E-state index contributed by atoms with van der Waals surface area (Å²) in [6.07, 6.45) is 2.74. The van der Waals surface area contributed by atoms with E-state index < -0.39 is 0 Å². The third kappa shape index (κ3) is 5.91. The van der Waals surface area contributed by atoms with Crippen LogP contribution < -0.4 is 5.32 Å². The number of morpholine rings is 1. The molecular formula is C23H38N6O4. The van der Waals surface area contributed by atoms with Crippen molar-refractivity contribution in [1.29, 1.82) is 0 Å². The molecule has 1 spiro atoms. The van der Waals surface area contributed by atoms with E-state index >= 15 is 0 Å². The van der Waals surface area contributed by atoms with Gasteiger partial charge in [-0.25, -0.2) is 0 Å². The number of carbonyl (C=O) groups excluding carboxylic acids is 2. The first-order valence-electron chi connectivity index (χ1n) is 12.3. The van der Waals surface area contributed by atoms with Gasteiger partial charge in [-0.1, -0.05) is 19.0 Å². The number of ether oxygens (including phenoxy) is 1. The average molecular weight is 463 g/mol. The van der Waals surface area contributed by atoms with Gasteiger partial charge in [-0.05, 0) is 31.6 Å². The number of aryl methyl sites for hydroxylation is 1. The number of likely N-dealkylation sites (tertiary alicyclic amines) is 2. The molecule has 1 N–H and O–H groups in total. The molecular weight excluding hydrogens is 424 g/mol. The quantitative estimate of drug-likeness (QED) is 0.636. The summed E-state index contributed by atoms with van der Waals surface area (Å²) in [5.41, 5.74) is 0.0644. The van der Waals surface area contributed by atoms with Gasteiger partial charge in [0.25, 0.3) is 0 Å². The molecule has 1 atom stereocenters. The van der Waals surface area contributed by atoms with E-state index in [1.807, 2.05) is 25.7 Å². The van der Waals surface area contributed by atoms with Crippen molar-refractivity contribution in [2.75, 3.05) is 65.6 Å². The maximum atomic E-state index is 12.8. The summed E-state index contributed by atoms with van der Waals surface area (Å²) in [6.45, 7) is 13.2. The van der Waals surface area contributed by atoms with E-state index in [1.165, 1.54) is 0 Å². The Labute approximate surface area is 196 Å². The van der Waals surface area contributed by atoms with E-state index in [0.717, 1.165) is 71.7 Å².